The van der Waals surface area contributed by atoms with E-state index in [2.05, 4.69) is 24.1 Å². The fraction of sp³-hybridized carbons (Fsp3) is 0.643. The minimum Gasteiger partial charge on any atom is -0.496 e. The Bertz CT molecular complexity index is 382. The van der Waals surface area contributed by atoms with Crippen molar-refractivity contribution >= 4 is 11.6 Å². The summed E-state index contributed by atoms with van der Waals surface area (Å²) in [5.74, 6) is 2.25. The SMILES string of the molecule is COc1c(C)cnc(CNCC(C)CCCl)c1C. The highest BCUT2D eigenvalue weighted by atomic mass is 35.5. The minimum atomic E-state index is 0.593. The van der Waals surface area contributed by atoms with Crippen LogP contribution in [0.15, 0.2) is 6.20 Å². The number of pyridine rings is 1. The van der Waals surface area contributed by atoms with Crippen LogP contribution in [0, 0.1) is 19.8 Å². The molecule has 1 atom stereocenters. The average Bonchev–Trinajstić information content (AvgIpc) is 2.33. The highest BCUT2D eigenvalue weighted by molar-refractivity contribution is 6.17. The van der Waals surface area contributed by atoms with Crippen LogP contribution in [0.5, 0.6) is 5.75 Å². The van der Waals surface area contributed by atoms with Gasteiger partial charge in [0.15, 0.2) is 0 Å². The molecule has 0 spiro atoms. The van der Waals surface area contributed by atoms with Gasteiger partial charge in [0.2, 0.25) is 0 Å². The van der Waals surface area contributed by atoms with Crippen molar-refractivity contribution in [2.75, 3.05) is 19.5 Å². The standard InChI is InChI=1S/C14H23ClN2O/c1-10(5-6-15)7-16-9-13-12(3)14(18-4)11(2)8-17-13/h8,10,16H,5-7,9H2,1-4H3. The maximum atomic E-state index is 5.72. The second-order valence-corrected chi connectivity index (χ2v) is 5.14. The first-order chi connectivity index (χ1) is 8.60. The molecule has 3 nitrogen and oxygen atoms in total. The van der Waals surface area contributed by atoms with E-state index in [0.717, 1.165) is 48.0 Å². The van der Waals surface area contributed by atoms with E-state index in [4.69, 9.17) is 16.3 Å². The van der Waals surface area contributed by atoms with Gasteiger partial charge in [-0.2, -0.15) is 0 Å². The van der Waals surface area contributed by atoms with Gasteiger partial charge in [0.1, 0.15) is 5.75 Å². The molecule has 1 N–H and O–H groups in total. The molecule has 1 unspecified atom stereocenters. The zero-order valence-corrected chi connectivity index (χ0v) is 12.5. The number of aryl methyl sites for hydroxylation is 1. The number of methoxy groups -OCH3 is 1. The topological polar surface area (TPSA) is 34.1 Å². The fourth-order valence-corrected chi connectivity index (χ4v) is 2.35. The third-order valence-electron chi connectivity index (χ3n) is 3.14. The molecule has 1 aromatic rings. The summed E-state index contributed by atoms with van der Waals surface area (Å²) < 4.78 is 5.40. The molecule has 102 valence electrons. The number of halogens is 1. The van der Waals surface area contributed by atoms with Crippen molar-refractivity contribution in [3.8, 4) is 5.75 Å². The summed E-state index contributed by atoms with van der Waals surface area (Å²) in [5, 5.41) is 3.42. The number of alkyl halides is 1. The first kappa shape index (κ1) is 15.3. The predicted molar refractivity (Wildman–Crippen MR) is 76.5 cm³/mol. The molecule has 0 aliphatic carbocycles. The van der Waals surface area contributed by atoms with Gasteiger partial charge in [-0.05, 0) is 32.7 Å². The summed E-state index contributed by atoms with van der Waals surface area (Å²) in [6.07, 6.45) is 2.91. The van der Waals surface area contributed by atoms with E-state index in [1.807, 2.05) is 13.1 Å². The zero-order chi connectivity index (χ0) is 13.5. The molecule has 1 rings (SSSR count). The first-order valence-electron chi connectivity index (χ1n) is 6.35. The molecular weight excluding hydrogens is 248 g/mol. The molecule has 1 heterocycles. The molecule has 0 aliphatic heterocycles. The van der Waals surface area contributed by atoms with Crippen LogP contribution in [-0.4, -0.2) is 24.5 Å². The number of rotatable bonds is 7. The van der Waals surface area contributed by atoms with Crippen LogP contribution in [0.3, 0.4) is 0 Å². The molecule has 0 radical (unpaired) electrons. The van der Waals surface area contributed by atoms with Gasteiger partial charge in [0.25, 0.3) is 0 Å². The summed E-state index contributed by atoms with van der Waals surface area (Å²) in [4.78, 5) is 4.46. The Labute approximate surface area is 115 Å². The van der Waals surface area contributed by atoms with Gasteiger partial charge in [-0.15, -0.1) is 11.6 Å². The highest BCUT2D eigenvalue weighted by Crippen LogP contribution is 2.23. The molecule has 1 aromatic heterocycles. The van der Waals surface area contributed by atoms with E-state index in [9.17, 15) is 0 Å². The minimum absolute atomic E-state index is 0.593. The Kier molecular flexibility index (Phi) is 6.44. The van der Waals surface area contributed by atoms with Gasteiger partial charge in [0.05, 0.1) is 12.8 Å². The summed E-state index contributed by atoms with van der Waals surface area (Å²) in [6.45, 7) is 8.00. The fourth-order valence-electron chi connectivity index (χ4n) is 1.97. The average molecular weight is 271 g/mol. The molecule has 0 fully saturated rings. The van der Waals surface area contributed by atoms with Crippen molar-refractivity contribution in [1.82, 2.24) is 10.3 Å². The van der Waals surface area contributed by atoms with Crippen LogP contribution in [0.4, 0.5) is 0 Å². The van der Waals surface area contributed by atoms with E-state index in [1.54, 1.807) is 7.11 Å². The van der Waals surface area contributed by atoms with Crippen molar-refractivity contribution in [3.63, 3.8) is 0 Å². The zero-order valence-electron chi connectivity index (χ0n) is 11.7. The van der Waals surface area contributed by atoms with Crippen molar-refractivity contribution in [2.24, 2.45) is 5.92 Å². The number of aromatic nitrogens is 1. The van der Waals surface area contributed by atoms with Crippen LogP contribution in [-0.2, 0) is 6.54 Å². The Morgan fingerprint density at radius 2 is 2.17 bits per heavy atom. The lowest BCUT2D eigenvalue weighted by Gasteiger charge is -2.14. The second kappa shape index (κ2) is 7.59. The Hall–Kier alpha value is -0.800. The Morgan fingerprint density at radius 1 is 1.44 bits per heavy atom. The molecule has 18 heavy (non-hydrogen) atoms. The lowest BCUT2D eigenvalue weighted by molar-refractivity contribution is 0.406. The summed E-state index contributed by atoms with van der Waals surface area (Å²) >= 11 is 5.72. The molecular formula is C14H23ClN2O. The van der Waals surface area contributed by atoms with Gasteiger partial charge in [-0.3, -0.25) is 4.98 Å². The number of nitrogens with zero attached hydrogens (tertiary/aromatic N) is 1. The number of ether oxygens (including phenoxy) is 1. The monoisotopic (exact) mass is 270 g/mol. The third kappa shape index (κ3) is 4.14. The molecule has 4 heteroatoms. The van der Waals surface area contributed by atoms with Gasteiger partial charge in [-0.25, -0.2) is 0 Å². The lowest BCUT2D eigenvalue weighted by atomic mass is 10.1. The predicted octanol–water partition coefficient (Wildman–Crippen LogP) is 3.06. The van der Waals surface area contributed by atoms with E-state index < -0.39 is 0 Å². The summed E-state index contributed by atoms with van der Waals surface area (Å²) in [6, 6.07) is 0. The maximum Gasteiger partial charge on any atom is 0.128 e. The van der Waals surface area contributed by atoms with Gasteiger partial charge in [-0.1, -0.05) is 6.92 Å². The van der Waals surface area contributed by atoms with Crippen molar-refractivity contribution in [1.29, 1.82) is 0 Å². The molecule has 0 aliphatic rings. The molecule has 0 saturated heterocycles. The summed E-state index contributed by atoms with van der Waals surface area (Å²) in [5.41, 5.74) is 3.25. The first-order valence-corrected chi connectivity index (χ1v) is 6.89. The van der Waals surface area contributed by atoms with E-state index in [1.165, 1.54) is 0 Å². The highest BCUT2D eigenvalue weighted by Gasteiger charge is 2.09. The Morgan fingerprint density at radius 3 is 2.78 bits per heavy atom. The van der Waals surface area contributed by atoms with Gasteiger partial charge in [0, 0.05) is 29.7 Å². The van der Waals surface area contributed by atoms with Crippen LogP contribution >= 0.6 is 11.6 Å². The number of nitrogens with one attached hydrogen (secondary N) is 1. The molecule has 0 bridgehead atoms. The Balaban J connectivity index is 2.58. The van der Waals surface area contributed by atoms with Crippen LogP contribution in [0.1, 0.15) is 30.2 Å². The van der Waals surface area contributed by atoms with E-state index in [0.29, 0.717) is 5.92 Å². The van der Waals surface area contributed by atoms with Gasteiger partial charge < -0.3 is 10.1 Å². The van der Waals surface area contributed by atoms with E-state index in [-0.39, 0.29) is 0 Å². The van der Waals surface area contributed by atoms with Crippen molar-refractivity contribution < 1.29 is 4.74 Å². The number of hydrogen-bond donors (Lipinski definition) is 1. The van der Waals surface area contributed by atoms with Gasteiger partial charge >= 0.3 is 0 Å². The molecule has 0 amide bonds. The molecule has 0 aromatic carbocycles. The lowest BCUT2D eigenvalue weighted by Crippen LogP contribution is -2.22. The second-order valence-electron chi connectivity index (χ2n) is 4.76. The van der Waals surface area contributed by atoms with Crippen molar-refractivity contribution in [3.05, 3.63) is 23.0 Å². The molecule has 0 saturated carbocycles. The summed E-state index contributed by atoms with van der Waals surface area (Å²) in [7, 11) is 1.70. The largest absolute Gasteiger partial charge is 0.496 e. The quantitative estimate of drug-likeness (QED) is 0.774. The van der Waals surface area contributed by atoms with Crippen molar-refractivity contribution in [2.45, 2.75) is 33.7 Å². The van der Waals surface area contributed by atoms with Crippen LogP contribution in [0.25, 0.3) is 0 Å². The van der Waals surface area contributed by atoms with Crippen LogP contribution < -0.4 is 10.1 Å². The maximum absolute atomic E-state index is 5.72. The van der Waals surface area contributed by atoms with Crippen LogP contribution in [0.2, 0.25) is 0 Å². The number of hydrogen-bond acceptors (Lipinski definition) is 3. The van der Waals surface area contributed by atoms with E-state index >= 15 is 0 Å². The smallest absolute Gasteiger partial charge is 0.128 e. The third-order valence-corrected chi connectivity index (χ3v) is 3.36. The normalized spacial score (nSPS) is 12.5.